The zero-order valence-electron chi connectivity index (χ0n) is 14.5. The first kappa shape index (κ1) is 22.4. The maximum Gasteiger partial charge on any atom is 0.325 e. The van der Waals surface area contributed by atoms with E-state index in [0.29, 0.717) is 19.6 Å². The summed E-state index contributed by atoms with van der Waals surface area (Å²) in [6, 6.07) is 7.20. The van der Waals surface area contributed by atoms with Crippen LogP contribution in [-0.2, 0) is 25.7 Å². The Morgan fingerprint density at radius 3 is 2.88 bits per heavy atom. The molecule has 0 bridgehead atoms. The van der Waals surface area contributed by atoms with Gasteiger partial charge in [-0.3, -0.25) is 14.4 Å². The molecule has 0 radical (unpaired) electrons. The molecule has 9 heteroatoms. The fourth-order valence-electron chi connectivity index (χ4n) is 2.60. The highest BCUT2D eigenvalue weighted by molar-refractivity contribution is 9.10. The lowest BCUT2D eigenvalue weighted by atomic mass is 10.1. The molecule has 1 saturated heterocycles. The monoisotopic (exact) mass is 447 g/mol. The molecular weight excluding hydrogens is 426 g/mol. The number of ether oxygens (including phenoxy) is 1. The molecule has 1 fully saturated rings. The van der Waals surface area contributed by atoms with Gasteiger partial charge in [0, 0.05) is 24.1 Å². The molecule has 26 heavy (non-hydrogen) atoms. The van der Waals surface area contributed by atoms with Crippen molar-refractivity contribution in [2.75, 3.05) is 26.2 Å². The van der Waals surface area contributed by atoms with Gasteiger partial charge in [0.05, 0.1) is 19.1 Å². The number of nitrogens with one attached hydrogen (secondary N) is 2. The predicted molar refractivity (Wildman–Crippen MR) is 103 cm³/mol. The molecule has 0 aromatic heterocycles. The van der Waals surface area contributed by atoms with Crippen LogP contribution in [0.4, 0.5) is 0 Å². The standard InChI is InChI=1S/C17H22BrN3O4.ClH/c1-2-25-16(23)10-20-15(22)9-14-17(24)21(7-6-19-14)11-12-4-3-5-13(18)8-12;/h3-5,8,14,19H,2,6-7,9-11H2,1H3,(H,20,22);1H. The number of piperazine rings is 1. The minimum Gasteiger partial charge on any atom is -0.465 e. The molecule has 2 N–H and O–H groups in total. The van der Waals surface area contributed by atoms with E-state index in [4.69, 9.17) is 4.74 Å². The van der Waals surface area contributed by atoms with E-state index in [1.54, 1.807) is 11.8 Å². The Balaban J connectivity index is 0.00000338. The normalized spacial score (nSPS) is 16.6. The van der Waals surface area contributed by atoms with Crippen molar-refractivity contribution in [2.45, 2.75) is 25.9 Å². The zero-order valence-corrected chi connectivity index (χ0v) is 16.9. The fraction of sp³-hybridized carbons (Fsp3) is 0.471. The van der Waals surface area contributed by atoms with Crippen LogP contribution in [-0.4, -0.2) is 55.0 Å². The second kappa shape index (κ2) is 11.2. The third-order valence-corrected chi connectivity index (χ3v) is 4.26. The van der Waals surface area contributed by atoms with Crippen LogP contribution in [0.2, 0.25) is 0 Å². The van der Waals surface area contributed by atoms with Crippen molar-refractivity contribution in [3.8, 4) is 0 Å². The van der Waals surface area contributed by atoms with Gasteiger partial charge >= 0.3 is 5.97 Å². The van der Waals surface area contributed by atoms with Crippen molar-refractivity contribution in [1.82, 2.24) is 15.5 Å². The lowest BCUT2D eigenvalue weighted by molar-refractivity contribution is -0.143. The molecule has 1 atom stereocenters. The number of carbonyl (C=O) groups is 3. The number of hydrogen-bond donors (Lipinski definition) is 2. The summed E-state index contributed by atoms with van der Waals surface area (Å²) in [5.74, 6) is -0.962. The summed E-state index contributed by atoms with van der Waals surface area (Å²) in [7, 11) is 0. The first-order valence-corrected chi connectivity index (χ1v) is 8.98. The molecule has 0 aliphatic carbocycles. The number of carbonyl (C=O) groups excluding carboxylic acids is 3. The smallest absolute Gasteiger partial charge is 0.325 e. The first-order valence-electron chi connectivity index (χ1n) is 8.18. The number of halogens is 2. The van der Waals surface area contributed by atoms with Crippen LogP contribution in [0.25, 0.3) is 0 Å². The molecule has 1 unspecified atom stereocenters. The summed E-state index contributed by atoms with van der Waals surface area (Å²) in [4.78, 5) is 37.5. The molecule has 1 aliphatic heterocycles. The molecule has 0 spiro atoms. The van der Waals surface area contributed by atoms with Crippen molar-refractivity contribution >= 4 is 46.1 Å². The number of nitrogens with zero attached hydrogens (tertiary/aromatic N) is 1. The Morgan fingerprint density at radius 2 is 2.19 bits per heavy atom. The highest BCUT2D eigenvalue weighted by Crippen LogP contribution is 2.15. The van der Waals surface area contributed by atoms with E-state index >= 15 is 0 Å². The van der Waals surface area contributed by atoms with Crippen LogP contribution in [0.1, 0.15) is 18.9 Å². The van der Waals surface area contributed by atoms with Crippen LogP contribution >= 0.6 is 28.3 Å². The van der Waals surface area contributed by atoms with Gasteiger partial charge in [0.2, 0.25) is 11.8 Å². The summed E-state index contributed by atoms with van der Waals surface area (Å²) in [6.45, 7) is 3.49. The Morgan fingerprint density at radius 1 is 1.42 bits per heavy atom. The van der Waals surface area contributed by atoms with Gasteiger partial charge in [-0.05, 0) is 24.6 Å². The van der Waals surface area contributed by atoms with Crippen LogP contribution in [0.15, 0.2) is 28.7 Å². The molecule has 2 amide bonds. The second-order valence-electron chi connectivity index (χ2n) is 5.68. The van der Waals surface area contributed by atoms with Crippen molar-refractivity contribution < 1.29 is 19.1 Å². The van der Waals surface area contributed by atoms with Crippen molar-refractivity contribution in [1.29, 1.82) is 0 Å². The van der Waals surface area contributed by atoms with Gasteiger partial charge in [-0.1, -0.05) is 28.1 Å². The zero-order chi connectivity index (χ0) is 18.2. The van der Waals surface area contributed by atoms with E-state index in [1.807, 2.05) is 24.3 Å². The summed E-state index contributed by atoms with van der Waals surface area (Å²) < 4.78 is 5.71. The Hall–Kier alpha value is -1.64. The first-order chi connectivity index (χ1) is 12.0. The average molecular weight is 449 g/mol. The summed E-state index contributed by atoms with van der Waals surface area (Å²) in [6.07, 6.45) is -0.00672. The lowest BCUT2D eigenvalue weighted by Crippen LogP contribution is -2.56. The van der Waals surface area contributed by atoms with E-state index in [1.165, 1.54) is 0 Å². The van der Waals surface area contributed by atoms with E-state index in [-0.39, 0.29) is 43.8 Å². The molecule has 1 heterocycles. The summed E-state index contributed by atoms with van der Waals surface area (Å²) in [5.41, 5.74) is 1.02. The van der Waals surface area contributed by atoms with Gasteiger partial charge in [0.25, 0.3) is 0 Å². The summed E-state index contributed by atoms with van der Waals surface area (Å²) >= 11 is 3.42. The highest BCUT2D eigenvalue weighted by Gasteiger charge is 2.30. The van der Waals surface area contributed by atoms with Crippen molar-refractivity contribution in [2.24, 2.45) is 0 Å². The van der Waals surface area contributed by atoms with Crippen LogP contribution in [0.5, 0.6) is 0 Å². The minimum absolute atomic E-state index is 0. The second-order valence-corrected chi connectivity index (χ2v) is 6.60. The SMILES string of the molecule is CCOC(=O)CNC(=O)CC1NCCN(Cc2cccc(Br)c2)C1=O.Cl. The number of hydrogen-bond acceptors (Lipinski definition) is 5. The van der Waals surface area contributed by atoms with Crippen molar-refractivity contribution in [3.05, 3.63) is 34.3 Å². The Bertz CT molecular complexity index is 644. The van der Waals surface area contributed by atoms with E-state index in [0.717, 1.165) is 10.0 Å². The largest absolute Gasteiger partial charge is 0.465 e. The maximum absolute atomic E-state index is 12.6. The Kier molecular flexibility index (Phi) is 9.61. The molecule has 1 aromatic rings. The Labute approximate surface area is 167 Å². The molecule has 1 aliphatic rings. The summed E-state index contributed by atoms with van der Waals surface area (Å²) in [5, 5.41) is 5.54. The third-order valence-electron chi connectivity index (χ3n) is 3.77. The molecule has 1 aromatic carbocycles. The average Bonchev–Trinajstić information content (AvgIpc) is 2.57. The topological polar surface area (TPSA) is 87.7 Å². The van der Waals surface area contributed by atoms with Crippen LogP contribution in [0.3, 0.4) is 0 Å². The van der Waals surface area contributed by atoms with Gasteiger partial charge in [-0.2, -0.15) is 0 Å². The van der Waals surface area contributed by atoms with Gasteiger partial charge in [-0.25, -0.2) is 0 Å². The van der Waals surface area contributed by atoms with Crippen molar-refractivity contribution in [3.63, 3.8) is 0 Å². The van der Waals surface area contributed by atoms with Gasteiger partial charge in [-0.15, -0.1) is 12.4 Å². The van der Waals surface area contributed by atoms with Crippen LogP contribution in [0, 0.1) is 0 Å². The molecular formula is C17H23BrClN3O4. The van der Waals surface area contributed by atoms with E-state index in [9.17, 15) is 14.4 Å². The maximum atomic E-state index is 12.6. The van der Waals surface area contributed by atoms with Gasteiger partial charge in [0.15, 0.2) is 0 Å². The number of benzene rings is 1. The minimum atomic E-state index is -0.580. The van der Waals surface area contributed by atoms with Gasteiger partial charge in [0.1, 0.15) is 6.54 Å². The fourth-order valence-corrected chi connectivity index (χ4v) is 3.05. The number of amides is 2. The number of esters is 1. The van der Waals surface area contributed by atoms with Gasteiger partial charge < -0.3 is 20.3 Å². The molecule has 144 valence electrons. The quantitative estimate of drug-likeness (QED) is 0.613. The van der Waals surface area contributed by atoms with E-state index in [2.05, 4.69) is 26.6 Å². The predicted octanol–water partition coefficient (Wildman–Crippen LogP) is 1.24. The molecule has 2 rings (SSSR count). The molecule has 0 saturated carbocycles. The van der Waals surface area contributed by atoms with E-state index < -0.39 is 12.0 Å². The highest BCUT2D eigenvalue weighted by atomic mass is 79.9. The lowest BCUT2D eigenvalue weighted by Gasteiger charge is -2.33. The number of rotatable bonds is 7. The van der Waals surface area contributed by atoms with Crippen LogP contribution < -0.4 is 10.6 Å². The molecule has 7 nitrogen and oxygen atoms in total. The third kappa shape index (κ3) is 6.93.